The lowest BCUT2D eigenvalue weighted by Crippen LogP contribution is -2.33. The van der Waals surface area contributed by atoms with E-state index in [1.165, 1.54) is 25.1 Å². The molecule has 0 bridgehead atoms. The zero-order valence-corrected chi connectivity index (χ0v) is 10.8. The number of aromatic hydroxyl groups is 1. The Morgan fingerprint density at radius 3 is 2.78 bits per heavy atom. The SMILES string of the molecule is C=CCS(=O)(=O)C(C)C(=O)Nc1cccc(O)c1. The second-order valence-electron chi connectivity index (χ2n) is 3.80. The van der Waals surface area contributed by atoms with Crippen LogP contribution in [0.2, 0.25) is 0 Å². The number of phenols is 1. The van der Waals surface area contributed by atoms with Gasteiger partial charge in [0.15, 0.2) is 9.84 Å². The summed E-state index contributed by atoms with van der Waals surface area (Å²) in [6.45, 7) is 4.66. The molecule has 98 valence electrons. The quantitative estimate of drug-likeness (QED) is 0.790. The normalized spacial score (nSPS) is 12.7. The van der Waals surface area contributed by atoms with Crippen molar-refractivity contribution in [1.29, 1.82) is 0 Å². The van der Waals surface area contributed by atoms with Gasteiger partial charge in [0, 0.05) is 11.8 Å². The predicted molar refractivity (Wildman–Crippen MR) is 70.2 cm³/mol. The molecule has 0 heterocycles. The van der Waals surface area contributed by atoms with E-state index in [1.54, 1.807) is 12.1 Å². The number of nitrogens with one attached hydrogen (secondary N) is 1. The van der Waals surface area contributed by atoms with Gasteiger partial charge in [-0.25, -0.2) is 8.42 Å². The van der Waals surface area contributed by atoms with Gasteiger partial charge in [0.1, 0.15) is 11.0 Å². The van der Waals surface area contributed by atoms with E-state index >= 15 is 0 Å². The summed E-state index contributed by atoms with van der Waals surface area (Å²) in [5.41, 5.74) is 0.348. The molecule has 0 fully saturated rings. The monoisotopic (exact) mass is 269 g/mol. The van der Waals surface area contributed by atoms with E-state index in [1.807, 2.05) is 0 Å². The summed E-state index contributed by atoms with van der Waals surface area (Å²) in [6, 6.07) is 5.90. The van der Waals surface area contributed by atoms with Crippen LogP contribution in [-0.4, -0.2) is 30.4 Å². The molecule has 0 aliphatic rings. The molecule has 0 aliphatic carbocycles. The summed E-state index contributed by atoms with van der Waals surface area (Å²) >= 11 is 0. The number of phenolic OH excluding ortho intramolecular Hbond substituents is 1. The molecular formula is C12H15NO4S. The van der Waals surface area contributed by atoms with Crippen molar-refractivity contribution in [1.82, 2.24) is 0 Å². The highest BCUT2D eigenvalue weighted by Gasteiger charge is 2.26. The molecule has 0 saturated heterocycles. The fourth-order valence-corrected chi connectivity index (χ4v) is 2.30. The summed E-state index contributed by atoms with van der Waals surface area (Å²) in [5, 5.41) is 10.5. The number of sulfone groups is 1. The first kappa shape index (κ1) is 14.2. The van der Waals surface area contributed by atoms with Crippen LogP contribution in [0.3, 0.4) is 0 Å². The maximum Gasteiger partial charge on any atom is 0.242 e. The van der Waals surface area contributed by atoms with Gasteiger partial charge in [-0.1, -0.05) is 12.1 Å². The van der Waals surface area contributed by atoms with Gasteiger partial charge in [-0.3, -0.25) is 4.79 Å². The Balaban J connectivity index is 2.80. The van der Waals surface area contributed by atoms with Crippen LogP contribution in [0.15, 0.2) is 36.9 Å². The summed E-state index contributed by atoms with van der Waals surface area (Å²) in [6.07, 6.45) is 1.24. The molecule has 1 amide bonds. The third-order valence-electron chi connectivity index (χ3n) is 2.37. The minimum atomic E-state index is -3.53. The van der Waals surface area contributed by atoms with Crippen molar-refractivity contribution in [3.05, 3.63) is 36.9 Å². The van der Waals surface area contributed by atoms with Crippen LogP contribution in [0.1, 0.15) is 6.92 Å². The summed E-state index contributed by atoms with van der Waals surface area (Å²) < 4.78 is 23.3. The molecule has 0 saturated carbocycles. The van der Waals surface area contributed by atoms with Gasteiger partial charge >= 0.3 is 0 Å². The number of hydrogen-bond donors (Lipinski definition) is 2. The Kier molecular flexibility index (Phi) is 4.49. The van der Waals surface area contributed by atoms with E-state index in [0.717, 1.165) is 0 Å². The molecule has 1 rings (SSSR count). The van der Waals surface area contributed by atoms with Crippen LogP contribution >= 0.6 is 0 Å². The van der Waals surface area contributed by atoms with Gasteiger partial charge in [0.05, 0.1) is 5.75 Å². The van der Waals surface area contributed by atoms with E-state index in [4.69, 9.17) is 0 Å². The highest BCUT2D eigenvalue weighted by atomic mass is 32.2. The molecule has 1 unspecified atom stereocenters. The zero-order valence-electron chi connectivity index (χ0n) is 9.96. The number of rotatable bonds is 5. The van der Waals surface area contributed by atoms with Crippen molar-refractivity contribution in [2.75, 3.05) is 11.1 Å². The molecule has 6 heteroatoms. The smallest absolute Gasteiger partial charge is 0.242 e. The molecule has 2 N–H and O–H groups in total. The fraction of sp³-hybridized carbons (Fsp3) is 0.250. The molecule has 0 spiro atoms. The van der Waals surface area contributed by atoms with Crippen molar-refractivity contribution in [3.63, 3.8) is 0 Å². The van der Waals surface area contributed by atoms with E-state index in [2.05, 4.69) is 11.9 Å². The first-order chi connectivity index (χ1) is 8.36. The maximum atomic E-state index is 11.7. The van der Waals surface area contributed by atoms with Crippen LogP contribution in [0, 0.1) is 0 Å². The summed E-state index contributed by atoms with van der Waals surface area (Å²) in [7, 11) is -3.53. The maximum absolute atomic E-state index is 11.7. The largest absolute Gasteiger partial charge is 0.508 e. The third kappa shape index (κ3) is 3.59. The van der Waals surface area contributed by atoms with Gasteiger partial charge in [0.2, 0.25) is 5.91 Å². The van der Waals surface area contributed by atoms with Gasteiger partial charge in [0.25, 0.3) is 0 Å². The summed E-state index contributed by atoms with van der Waals surface area (Å²) in [5.74, 6) is -0.890. The first-order valence-electron chi connectivity index (χ1n) is 5.29. The molecule has 5 nitrogen and oxygen atoms in total. The van der Waals surface area contributed by atoms with Crippen molar-refractivity contribution in [2.45, 2.75) is 12.2 Å². The second kappa shape index (κ2) is 5.68. The lowest BCUT2D eigenvalue weighted by Gasteiger charge is -2.12. The van der Waals surface area contributed by atoms with E-state index < -0.39 is 21.0 Å². The first-order valence-corrected chi connectivity index (χ1v) is 7.00. The van der Waals surface area contributed by atoms with Gasteiger partial charge < -0.3 is 10.4 Å². The van der Waals surface area contributed by atoms with E-state index in [9.17, 15) is 18.3 Å². The highest BCUT2D eigenvalue weighted by Crippen LogP contribution is 2.16. The van der Waals surface area contributed by atoms with Crippen molar-refractivity contribution < 1.29 is 18.3 Å². The Hall–Kier alpha value is -1.82. The predicted octanol–water partition coefficient (Wildman–Crippen LogP) is 1.32. The Morgan fingerprint density at radius 1 is 1.56 bits per heavy atom. The van der Waals surface area contributed by atoms with Crippen molar-refractivity contribution in [3.8, 4) is 5.75 Å². The number of anilines is 1. The average Bonchev–Trinajstić information content (AvgIpc) is 2.27. The van der Waals surface area contributed by atoms with Gasteiger partial charge in [-0.15, -0.1) is 6.58 Å². The van der Waals surface area contributed by atoms with Crippen LogP contribution in [0.25, 0.3) is 0 Å². The third-order valence-corrected chi connectivity index (χ3v) is 4.36. The molecule has 0 aliphatic heterocycles. The molecule has 1 aromatic rings. The molecule has 1 aromatic carbocycles. The summed E-state index contributed by atoms with van der Waals surface area (Å²) in [4.78, 5) is 11.7. The van der Waals surface area contributed by atoms with Gasteiger partial charge in [-0.05, 0) is 19.1 Å². The van der Waals surface area contributed by atoms with Crippen LogP contribution in [0.4, 0.5) is 5.69 Å². The van der Waals surface area contributed by atoms with Crippen molar-refractivity contribution in [2.24, 2.45) is 0 Å². The number of carbonyl (C=O) groups is 1. The standard InChI is InChI=1S/C12H15NO4S/c1-3-7-18(16,17)9(2)12(15)13-10-5-4-6-11(14)8-10/h3-6,8-9,14H,1,7H2,2H3,(H,13,15). The Bertz CT molecular complexity index is 551. The van der Waals surface area contributed by atoms with Crippen LogP contribution < -0.4 is 5.32 Å². The minimum Gasteiger partial charge on any atom is -0.508 e. The Labute approximate surface area is 106 Å². The zero-order chi connectivity index (χ0) is 13.8. The number of benzene rings is 1. The van der Waals surface area contributed by atoms with Crippen molar-refractivity contribution >= 4 is 21.4 Å². The topological polar surface area (TPSA) is 83.5 Å². The molecule has 0 radical (unpaired) electrons. The van der Waals surface area contributed by atoms with Crippen LogP contribution in [0.5, 0.6) is 5.75 Å². The lowest BCUT2D eigenvalue weighted by molar-refractivity contribution is -0.115. The highest BCUT2D eigenvalue weighted by molar-refractivity contribution is 7.92. The minimum absolute atomic E-state index is 0.00518. The fourth-order valence-electron chi connectivity index (χ4n) is 1.30. The van der Waals surface area contributed by atoms with Gasteiger partial charge in [-0.2, -0.15) is 0 Å². The second-order valence-corrected chi connectivity index (χ2v) is 6.17. The molecule has 1 atom stereocenters. The molecular weight excluding hydrogens is 254 g/mol. The lowest BCUT2D eigenvalue weighted by atomic mass is 10.3. The number of amides is 1. The van der Waals surface area contributed by atoms with E-state index in [-0.39, 0.29) is 11.5 Å². The Morgan fingerprint density at radius 2 is 2.22 bits per heavy atom. The number of carbonyl (C=O) groups excluding carboxylic acids is 1. The van der Waals surface area contributed by atoms with Crippen LogP contribution in [-0.2, 0) is 14.6 Å². The molecule has 18 heavy (non-hydrogen) atoms. The van der Waals surface area contributed by atoms with E-state index in [0.29, 0.717) is 5.69 Å². The number of hydrogen-bond acceptors (Lipinski definition) is 4. The average molecular weight is 269 g/mol. The molecule has 0 aromatic heterocycles.